The lowest BCUT2D eigenvalue weighted by molar-refractivity contribution is -0.389. The van der Waals surface area contributed by atoms with Crippen LogP contribution in [0, 0.1) is 20.2 Å². The van der Waals surface area contributed by atoms with Gasteiger partial charge in [-0.2, -0.15) is 0 Å². The molecule has 10 nitrogen and oxygen atoms in total. The molecular weight excluding hydrogens is 366 g/mol. The number of carbonyl (C=O) groups is 1. The van der Waals surface area contributed by atoms with E-state index in [-0.39, 0.29) is 17.4 Å². The maximum absolute atomic E-state index is 12.3. The first kappa shape index (κ1) is 19.0. The van der Waals surface area contributed by atoms with Gasteiger partial charge in [0, 0.05) is 50.5 Å². The molecule has 28 heavy (non-hydrogen) atoms. The van der Waals surface area contributed by atoms with E-state index in [0.29, 0.717) is 31.7 Å². The molecule has 1 amide bonds. The van der Waals surface area contributed by atoms with Gasteiger partial charge in [-0.25, -0.2) is 0 Å². The molecule has 0 spiro atoms. The molecule has 2 aromatic rings. The third-order valence-electron chi connectivity index (χ3n) is 4.40. The number of carbonyl (C=O) groups excluding carboxylic acids is 1. The van der Waals surface area contributed by atoms with Crippen LogP contribution in [0.2, 0.25) is 0 Å². The standard InChI is InChI=1S/C18H17N5O5/c24-18(8-3-14-1-4-15(5-2-14)22(25)26)21-11-9-20(10-12-21)16-6-7-17(19-13-16)23(27)28/h1-8,13H,9-12H2/b8-3+. The topological polar surface area (TPSA) is 123 Å². The number of piperazine rings is 1. The smallest absolute Gasteiger partial charge is 0.363 e. The quantitative estimate of drug-likeness (QED) is 0.441. The van der Waals surface area contributed by atoms with Gasteiger partial charge in [0.2, 0.25) is 5.91 Å². The van der Waals surface area contributed by atoms with Gasteiger partial charge >= 0.3 is 5.82 Å². The number of amides is 1. The molecule has 3 rings (SSSR count). The molecule has 1 fully saturated rings. The molecule has 144 valence electrons. The maximum Gasteiger partial charge on any atom is 0.363 e. The Morgan fingerprint density at radius 2 is 1.64 bits per heavy atom. The van der Waals surface area contributed by atoms with Crippen molar-refractivity contribution in [2.24, 2.45) is 0 Å². The summed E-state index contributed by atoms with van der Waals surface area (Å²) >= 11 is 0. The Morgan fingerprint density at radius 3 is 2.18 bits per heavy atom. The summed E-state index contributed by atoms with van der Waals surface area (Å²) in [5.41, 5.74) is 1.48. The van der Waals surface area contributed by atoms with E-state index in [1.165, 1.54) is 30.5 Å². The summed E-state index contributed by atoms with van der Waals surface area (Å²) in [6.45, 7) is 2.22. The number of pyridine rings is 1. The summed E-state index contributed by atoms with van der Waals surface area (Å²) in [5.74, 6) is -0.339. The molecule has 0 atom stereocenters. The lowest BCUT2D eigenvalue weighted by Gasteiger charge is -2.35. The summed E-state index contributed by atoms with van der Waals surface area (Å²) in [6.07, 6.45) is 4.53. The summed E-state index contributed by atoms with van der Waals surface area (Å²) in [4.78, 5) is 40.2. The zero-order chi connectivity index (χ0) is 20.1. The number of nitrogens with zero attached hydrogens (tertiary/aromatic N) is 5. The van der Waals surface area contributed by atoms with Crippen LogP contribution < -0.4 is 4.90 Å². The maximum atomic E-state index is 12.3. The molecule has 0 radical (unpaired) electrons. The van der Waals surface area contributed by atoms with Crippen LogP contribution in [0.15, 0.2) is 48.7 Å². The number of rotatable bonds is 5. The van der Waals surface area contributed by atoms with E-state index in [1.54, 1.807) is 29.2 Å². The van der Waals surface area contributed by atoms with Gasteiger partial charge in [-0.05, 0) is 39.7 Å². The molecule has 1 aliphatic heterocycles. The van der Waals surface area contributed by atoms with E-state index in [4.69, 9.17) is 0 Å². The Bertz CT molecular complexity index is 903. The van der Waals surface area contributed by atoms with Gasteiger partial charge < -0.3 is 19.9 Å². The molecule has 0 saturated carbocycles. The molecule has 0 bridgehead atoms. The molecule has 10 heteroatoms. The van der Waals surface area contributed by atoms with Crippen molar-refractivity contribution in [3.05, 3.63) is 74.5 Å². The zero-order valence-electron chi connectivity index (χ0n) is 14.8. The van der Waals surface area contributed by atoms with Crippen molar-refractivity contribution in [1.29, 1.82) is 0 Å². The third kappa shape index (κ3) is 4.47. The van der Waals surface area contributed by atoms with Crippen molar-refractivity contribution in [2.45, 2.75) is 0 Å². The third-order valence-corrected chi connectivity index (χ3v) is 4.40. The molecular formula is C18H17N5O5. The average Bonchev–Trinajstić information content (AvgIpc) is 2.72. The fourth-order valence-electron chi connectivity index (χ4n) is 2.84. The van der Waals surface area contributed by atoms with Crippen LogP contribution in [0.4, 0.5) is 17.2 Å². The minimum Gasteiger partial charge on any atom is -0.365 e. The van der Waals surface area contributed by atoms with Crippen LogP contribution in [0.5, 0.6) is 0 Å². The van der Waals surface area contributed by atoms with Crippen LogP contribution in [-0.4, -0.2) is 51.8 Å². The van der Waals surface area contributed by atoms with E-state index < -0.39 is 9.85 Å². The zero-order valence-corrected chi connectivity index (χ0v) is 14.8. The second-order valence-corrected chi connectivity index (χ2v) is 6.13. The molecule has 0 N–H and O–H groups in total. The fraction of sp³-hybridized carbons (Fsp3) is 0.222. The van der Waals surface area contributed by atoms with Gasteiger partial charge in [0.25, 0.3) is 5.69 Å². The van der Waals surface area contributed by atoms with Crippen molar-refractivity contribution < 1.29 is 14.6 Å². The summed E-state index contributed by atoms with van der Waals surface area (Å²) in [5, 5.41) is 21.3. The number of aromatic nitrogens is 1. The first-order valence-corrected chi connectivity index (χ1v) is 8.51. The van der Waals surface area contributed by atoms with Gasteiger partial charge in [0.15, 0.2) is 6.20 Å². The van der Waals surface area contributed by atoms with Crippen LogP contribution in [0.3, 0.4) is 0 Å². The minimum atomic E-state index is -0.544. The van der Waals surface area contributed by atoms with Crippen molar-refractivity contribution in [3.8, 4) is 0 Å². The molecule has 1 aromatic carbocycles. The van der Waals surface area contributed by atoms with Crippen LogP contribution in [0.25, 0.3) is 6.08 Å². The van der Waals surface area contributed by atoms with E-state index in [1.807, 2.05) is 4.90 Å². The van der Waals surface area contributed by atoms with Gasteiger partial charge in [-0.1, -0.05) is 0 Å². The Morgan fingerprint density at radius 1 is 0.964 bits per heavy atom. The van der Waals surface area contributed by atoms with E-state index in [2.05, 4.69) is 4.98 Å². The largest absolute Gasteiger partial charge is 0.365 e. The van der Waals surface area contributed by atoms with Crippen LogP contribution in [-0.2, 0) is 4.79 Å². The number of anilines is 1. The predicted octanol–water partition coefficient (Wildman–Crippen LogP) is 2.26. The molecule has 1 saturated heterocycles. The molecule has 0 unspecified atom stereocenters. The number of hydrogen-bond donors (Lipinski definition) is 0. The summed E-state index contributed by atoms with van der Waals surface area (Å²) < 4.78 is 0. The minimum absolute atomic E-state index is 0.000308. The highest BCUT2D eigenvalue weighted by atomic mass is 16.6. The number of nitro groups is 2. The normalized spacial score (nSPS) is 14.3. The van der Waals surface area contributed by atoms with E-state index in [0.717, 1.165) is 5.69 Å². The first-order valence-electron chi connectivity index (χ1n) is 8.51. The number of benzene rings is 1. The van der Waals surface area contributed by atoms with Crippen molar-refractivity contribution in [2.75, 3.05) is 31.1 Å². The van der Waals surface area contributed by atoms with Gasteiger partial charge in [-0.3, -0.25) is 14.9 Å². The molecule has 1 aliphatic rings. The van der Waals surface area contributed by atoms with E-state index in [9.17, 15) is 25.0 Å². The second-order valence-electron chi connectivity index (χ2n) is 6.13. The first-order chi connectivity index (χ1) is 13.4. The van der Waals surface area contributed by atoms with Crippen molar-refractivity contribution in [3.63, 3.8) is 0 Å². The Hall–Kier alpha value is -3.82. The van der Waals surface area contributed by atoms with Gasteiger partial charge in [-0.15, -0.1) is 0 Å². The van der Waals surface area contributed by atoms with Gasteiger partial charge in [0.1, 0.15) is 0 Å². The lowest BCUT2D eigenvalue weighted by Crippen LogP contribution is -2.48. The highest BCUT2D eigenvalue weighted by Gasteiger charge is 2.21. The molecule has 0 aliphatic carbocycles. The highest BCUT2D eigenvalue weighted by molar-refractivity contribution is 5.92. The summed E-state index contributed by atoms with van der Waals surface area (Å²) in [6, 6.07) is 8.96. The average molecular weight is 383 g/mol. The SMILES string of the molecule is O=C(/C=C/c1ccc([N+](=O)[O-])cc1)N1CCN(c2ccc([N+](=O)[O-])nc2)CC1. The number of non-ortho nitro benzene ring substituents is 1. The van der Waals surface area contributed by atoms with Gasteiger partial charge in [0.05, 0.1) is 10.6 Å². The number of hydrogen-bond acceptors (Lipinski definition) is 7. The second kappa shape index (κ2) is 8.25. The Balaban J connectivity index is 1.54. The molecule has 2 heterocycles. The summed E-state index contributed by atoms with van der Waals surface area (Å²) in [7, 11) is 0. The lowest BCUT2D eigenvalue weighted by atomic mass is 10.2. The molecule has 1 aromatic heterocycles. The van der Waals surface area contributed by atoms with E-state index >= 15 is 0 Å². The Labute approximate surface area is 160 Å². The Kier molecular flexibility index (Phi) is 5.58. The number of nitro benzene ring substituents is 1. The monoisotopic (exact) mass is 383 g/mol. The van der Waals surface area contributed by atoms with Crippen LogP contribution in [0.1, 0.15) is 5.56 Å². The predicted molar refractivity (Wildman–Crippen MR) is 102 cm³/mol. The van der Waals surface area contributed by atoms with Crippen LogP contribution >= 0.6 is 0 Å². The fourth-order valence-corrected chi connectivity index (χ4v) is 2.84. The van der Waals surface area contributed by atoms with Crippen molar-refractivity contribution >= 4 is 29.2 Å². The highest BCUT2D eigenvalue weighted by Crippen LogP contribution is 2.18. The van der Waals surface area contributed by atoms with Crippen molar-refractivity contribution in [1.82, 2.24) is 9.88 Å².